The SMILES string of the molecule is CC1CCCC(C)N1C(=O)CNc1cc(Cl)ccc1C(=O)N1CCCCC1. The first-order valence-electron chi connectivity index (χ1n) is 10.1. The van der Waals surface area contributed by atoms with Crippen LogP contribution in [0.4, 0.5) is 5.69 Å². The Morgan fingerprint density at radius 1 is 1.07 bits per heavy atom. The molecule has 2 saturated heterocycles. The number of hydrogen-bond donors (Lipinski definition) is 1. The maximum Gasteiger partial charge on any atom is 0.255 e. The lowest BCUT2D eigenvalue weighted by atomic mass is 9.97. The average Bonchev–Trinajstić information content (AvgIpc) is 2.66. The lowest BCUT2D eigenvalue weighted by Crippen LogP contribution is -2.49. The van der Waals surface area contributed by atoms with Crippen LogP contribution in [-0.2, 0) is 4.79 Å². The number of likely N-dealkylation sites (tertiary alicyclic amines) is 2. The van der Waals surface area contributed by atoms with E-state index in [9.17, 15) is 9.59 Å². The molecule has 0 spiro atoms. The summed E-state index contributed by atoms with van der Waals surface area (Å²) in [6.45, 7) is 5.98. The van der Waals surface area contributed by atoms with Crippen molar-refractivity contribution in [3.05, 3.63) is 28.8 Å². The van der Waals surface area contributed by atoms with Gasteiger partial charge in [-0.2, -0.15) is 0 Å². The topological polar surface area (TPSA) is 52.7 Å². The minimum Gasteiger partial charge on any atom is -0.375 e. The molecule has 2 aliphatic heterocycles. The normalized spacial score (nSPS) is 23.2. The van der Waals surface area contributed by atoms with Gasteiger partial charge in [-0.3, -0.25) is 9.59 Å². The van der Waals surface area contributed by atoms with E-state index in [1.165, 1.54) is 12.8 Å². The predicted octanol–water partition coefficient (Wildman–Crippen LogP) is 4.17. The Balaban J connectivity index is 1.71. The average molecular weight is 392 g/mol. The third kappa shape index (κ3) is 4.75. The van der Waals surface area contributed by atoms with Gasteiger partial charge >= 0.3 is 0 Å². The molecule has 0 radical (unpaired) electrons. The van der Waals surface area contributed by atoms with Crippen LogP contribution in [0.2, 0.25) is 5.02 Å². The van der Waals surface area contributed by atoms with Gasteiger partial charge in [0.2, 0.25) is 5.91 Å². The van der Waals surface area contributed by atoms with E-state index in [1.54, 1.807) is 18.2 Å². The van der Waals surface area contributed by atoms with Gasteiger partial charge in [0.05, 0.1) is 12.1 Å². The van der Waals surface area contributed by atoms with Crippen molar-refractivity contribution in [3.8, 4) is 0 Å². The monoisotopic (exact) mass is 391 g/mol. The first kappa shape index (κ1) is 20.0. The third-order valence-corrected chi connectivity index (χ3v) is 6.00. The van der Waals surface area contributed by atoms with E-state index < -0.39 is 0 Å². The van der Waals surface area contributed by atoms with E-state index in [2.05, 4.69) is 19.2 Å². The van der Waals surface area contributed by atoms with Gasteiger partial charge in [-0.1, -0.05) is 11.6 Å². The summed E-state index contributed by atoms with van der Waals surface area (Å²) >= 11 is 6.16. The molecule has 2 amide bonds. The minimum atomic E-state index is 0.0148. The molecular weight excluding hydrogens is 362 g/mol. The molecule has 6 heteroatoms. The Bertz CT molecular complexity index is 678. The summed E-state index contributed by atoms with van der Waals surface area (Å²) in [5.74, 6) is 0.0899. The molecule has 1 N–H and O–H groups in total. The fourth-order valence-corrected chi connectivity index (χ4v) is 4.46. The lowest BCUT2D eigenvalue weighted by Gasteiger charge is -2.39. The van der Waals surface area contributed by atoms with Crippen molar-refractivity contribution in [3.63, 3.8) is 0 Å². The van der Waals surface area contributed by atoms with Crippen LogP contribution in [0, 0.1) is 0 Å². The predicted molar refractivity (Wildman–Crippen MR) is 109 cm³/mol. The first-order chi connectivity index (χ1) is 13.0. The first-order valence-corrected chi connectivity index (χ1v) is 10.5. The second-order valence-electron chi connectivity index (χ2n) is 7.83. The molecule has 3 rings (SSSR count). The van der Waals surface area contributed by atoms with Gasteiger partial charge in [0.1, 0.15) is 0 Å². The molecule has 0 aromatic heterocycles. The number of nitrogens with zero attached hydrogens (tertiary/aromatic N) is 2. The maximum absolute atomic E-state index is 12.9. The van der Waals surface area contributed by atoms with Crippen molar-refractivity contribution in [1.82, 2.24) is 9.80 Å². The molecule has 5 nitrogen and oxygen atoms in total. The molecular formula is C21H30ClN3O2. The molecule has 2 heterocycles. The van der Waals surface area contributed by atoms with Gasteiger partial charge in [0, 0.05) is 35.9 Å². The standard InChI is InChI=1S/C21H30ClN3O2/c1-15-7-6-8-16(2)25(15)20(26)14-23-19-13-17(22)9-10-18(19)21(27)24-11-4-3-5-12-24/h9-10,13,15-16,23H,3-8,11-12,14H2,1-2H3. The van der Waals surface area contributed by atoms with Crippen molar-refractivity contribution in [1.29, 1.82) is 0 Å². The van der Waals surface area contributed by atoms with Crippen molar-refractivity contribution >= 4 is 29.1 Å². The smallest absolute Gasteiger partial charge is 0.255 e. The van der Waals surface area contributed by atoms with Crippen LogP contribution in [0.3, 0.4) is 0 Å². The summed E-state index contributed by atoms with van der Waals surface area (Å²) in [5.41, 5.74) is 1.23. The molecule has 27 heavy (non-hydrogen) atoms. The Hall–Kier alpha value is -1.75. The molecule has 1 aromatic rings. The van der Waals surface area contributed by atoms with Gasteiger partial charge in [0.25, 0.3) is 5.91 Å². The summed E-state index contributed by atoms with van der Waals surface area (Å²) in [6, 6.07) is 5.77. The van der Waals surface area contributed by atoms with Crippen LogP contribution in [-0.4, -0.2) is 53.3 Å². The Kier molecular flexibility index (Phi) is 6.64. The number of amides is 2. The number of nitrogens with one attached hydrogen (secondary N) is 1. The molecule has 0 bridgehead atoms. The molecule has 0 saturated carbocycles. The number of anilines is 1. The second-order valence-corrected chi connectivity index (χ2v) is 8.26. The van der Waals surface area contributed by atoms with Crippen LogP contribution in [0.5, 0.6) is 0 Å². The van der Waals surface area contributed by atoms with E-state index in [0.29, 0.717) is 16.3 Å². The number of benzene rings is 1. The van der Waals surface area contributed by atoms with Crippen LogP contribution < -0.4 is 5.32 Å². The zero-order valence-electron chi connectivity index (χ0n) is 16.3. The van der Waals surface area contributed by atoms with E-state index >= 15 is 0 Å². The van der Waals surface area contributed by atoms with E-state index in [-0.39, 0.29) is 30.4 Å². The molecule has 1 aromatic carbocycles. The Morgan fingerprint density at radius 2 is 1.74 bits per heavy atom. The van der Waals surface area contributed by atoms with Gasteiger partial charge in [-0.15, -0.1) is 0 Å². The van der Waals surface area contributed by atoms with Gasteiger partial charge < -0.3 is 15.1 Å². The van der Waals surface area contributed by atoms with E-state index in [4.69, 9.17) is 11.6 Å². The highest BCUT2D eigenvalue weighted by atomic mass is 35.5. The van der Waals surface area contributed by atoms with Crippen molar-refractivity contribution in [2.75, 3.05) is 25.0 Å². The number of rotatable bonds is 4. The van der Waals surface area contributed by atoms with Crippen LogP contribution in [0.1, 0.15) is 62.7 Å². The van der Waals surface area contributed by atoms with Crippen LogP contribution in [0.15, 0.2) is 18.2 Å². The summed E-state index contributed by atoms with van der Waals surface area (Å²) in [4.78, 5) is 29.6. The highest BCUT2D eigenvalue weighted by molar-refractivity contribution is 6.31. The molecule has 2 fully saturated rings. The van der Waals surface area contributed by atoms with Gasteiger partial charge in [-0.25, -0.2) is 0 Å². The largest absolute Gasteiger partial charge is 0.375 e. The molecule has 2 aliphatic rings. The van der Waals surface area contributed by atoms with Crippen molar-refractivity contribution in [2.24, 2.45) is 0 Å². The fraction of sp³-hybridized carbons (Fsp3) is 0.619. The van der Waals surface area contributed by atoms with Crippen molar-refractivity contribution in [2.45, 2.75) is 64.5 Å². The van der Waals surface area contributed by atoms with E-state index in [1.807, 2.05) is 9.80 Å². The van der Waals surface area contributed by atoms with Crippen LogP contribution >= 0.6 is 11.6 Å². The molecule has 148 valence electrons. The van der Waals surface area contributed by atoms with Crippen LogP contribution in [0.25, 0.3) is 0 Å². The number of hydrogen-bond acceptors (Lipinski definition) is 3. The summed E-state index contributed by atoms with van der Waals surface area (Å²) in [7, 11) is 0. The zero-order valence-corrected chi connectivity index (χ0v) is 17.1. The number of halogens is 1. The zero-order chi connectivity index (χ0) is 19.4. The number of carbonyl (C=O) groups excluding carboxylic acids is 2. The highest BCUT2D eigenvalue weighted by Gasteiger charge is 2.29. The summed E-state index contributed by atoms with van der Waals surface area (Å²) in [5, 5.41) is 3.74. The fourth-order valence-electron chi connectivity index (χ4n) is 4.29. The number of piperidine rings is 2. The van der Waals surface area contributed by atoms with Gasteiger partial charge in [-0.05, 0) is 70.6 Å². The highest BCUT2D eigenvalue weighted by Crippen LogP contribution is 2.25. The van der Waals surface area contributed by atoms with Crippen molar-refractivity contribution < 1.29 is 9.59 Å². The quantitative estimate of drug-likeness (QED) is 0.838. The Morgan fingerprint density at radius 3 is 2.41 bits per heavy atom. The second kappa shape index (κ2) is 8.96. The molecule has 2 atom stereocenters. The Labute approximate surface area is 167 Å². The summed E-state index contributed by atoms with van der Waals surface area (Å²) in [6.07, 6.45) is 6.53. The molecule has 0 aliphatic carbocycles. The number of carbonyl (C=O) groups is 2. The van der Waals surface area contributed by atoms with E-state index in [0.717, 1.165) is 38.8 Å². The summed E-state index contributed by atoms with van der Waals surface area (Å²) < 4.78 is 0. The maximum atomic E-state index is 12.9. The third-order valence-electron chi connectivity index (χ3n) is 5.77. The van der Waals surface area contributed by atoms with Gasteiger partial charge in [0.15, 0.2) is 0 Å². The minimum absolute atomic E-state index is 0.0148. The molecule has 2 unspecified atom stereocenters. The lowest BCUT2D eigenvalue weighted by molar-refractivity contribution is -0.135.